The van der Waals surface area contributed by atoms with Crippen LogP contribution in [0.15, 0.2) is 0 Å². The minimum atomic E-state index is -2.85. The molecule has 0 rings (SSSR count). The van der Waals surface area contributed by atoms with Gasteiger partial charge in [0.05, 0.1) is 13.2 Å². The molecule has 6 heteroatoms. The van der Waals surface area contributed by atoms with Gasteiger partial charge in [-0.2, -0.15) is 0 Å². The standard InChI is InChI=1S/C10H25O4PSi/c1-6-13-15(11,14-7-2)9-8-10-16(4,5)12-3/h6-10H2,1-5H3. The van der Waals surface area contributed by atoms with E-state index in [2.05, 4.69) is 13.1 Å². The van der Waals surface area contributed by atoms with E-state index in [1.165, 1.54) is 0 Å². The van der Waals surface area contributed by atoms with Gasteiger partial charge >= 0.3 is 7.60 Å². The molecule has 98 valence electrons. The Morgan fingerprint density at radius 2 is 1.62 bits per heavy atom. The van der Waals surface area contributed by atoms with E-state index in [-0.39, 0.29) is 0 Å². The highest BCUT2D eigenvalue weighted by atomic mass is 31.2. The lowest BCUT2D eigenvalue weighted by molar-refractivity contribution is 0.220. The molecular weight excluding hydrogens is 243 g/mol. The first-order chi connectivity index (χ1) is 7.39. The second kappa shape index (κ2) is 7.61. The first-order valence-electron chi connectivity index (χ1n) is 5.82. The van der Waals surface area contributed by atoms with E-state index < -0.39 is 15.9 Å². The van der Waals surface area contributed by atoms with Crippen LogP contribution in [0.25, 0.3) is 0 Å². The SMILES string of the molecule is CCOP(=O)(CCC[Si](C)(C)OC)OCC. The third-order valence-electron chi connectivity index (χ3n) is 2.41. The van der Waals surface area contributed by atoms with Gasteiger partial charge in [0.15, 0.2) is 8.32 Å². The molecule has 0 aliphatic heterocycles. The van der Waals surface area contributed by atoms with Crippen LogP contribution in [0.3, 0.4) is 0 Å². The maximum absolute atomic E-state index is 12.1. The minimum Gasteiger partial charge on any atom is -0.420 e. The average molecular weight is 268 g/mol. The highest BCUT2D eigenvalue weighted by molar-refractivity contribution is 7.53. The Morgan fingerprint density at radius 3 is 2.00 bits per heavy atom. The summed E-state index contributed by atoms with van der Waals surface area (Å²) in [7, 11) is -2.66. The molecule has 16 heavy (non-hydrogen) atoms. The van der Waals surface area contributed by atoms with Crippen molar-refractivity contribution >= 4 is 15.9 Å². The van der Waals surface area contributed by atoms with Gasteiger partial charge in [-0.15, -0.1) is 0 Å². The smallest absolute Gasteiger partial charge is 0.330 e. The second-order valence-corrected chi connectivity index (χ2v) is 10.9. The average Bonchev–Trinajstić information content (AvgIpc) is 2.18. The third kappa shape index (κ3) is 6.81. The van der Waals surface area contributed by atoms with Gasteiger partial charge in [0, 0.05) is 13.3 Å². The highest BCUT2D eigenvalue weighted by Crippen LogP contribution is 2.49. The summed E-state index contributed by atoms with van der Waals surface area (Å²) in [6.45, 7) is 8.84. The molecule has 0 radical (unpaired) electrons. The quantitative estimate of drug-likeness (QED) is 0.474. The fourth-order valence-electron chi connectivity index (χ4n) is 1.36. The topological polar surface area (TPSA) is 44.8 Å². The molecule has 0 aromatic carbocycles. The van der Waals surface area contributed by atoms with Crippen molar-refractivity contribution in [2.75, 3.05) is 26.5 Å². The van der Waals surface area contributed by atoms with E-state index in [4.69, 9.17) is 13.5 Å². The van der Waals surface area contributed by atoms with Gasteiger partial charge in [-0.3, -0.25) is 4.57 Å². The Kier molecular flexibility index (Phi) is 7.77. The highest BCUT2D eigenvalue weighted by Gasteiger charge is 2.26. The molecule has 0 N–H and O–H groups in total. The molecule has 0 amide bonds. The van der Waals surface area contributed by atoms with E-state index in [1.54, 1.807) is 7.11 Å². The minimum absolute atomic E-state index is 0.433. The molecule has 0 saturated carbocycles. The van der Waals surface area contributed by atoms with Crippen molar-refractivity contribution in [3.63, 3.8) is 0 Å². The van der Waals surface area contributed by atoms with Gasteiger partial charge in [0.1, 0.15) is 0 Å². The zero-order valence-corrected chi connectivity index (χ0v) is 13.0. The predicted octanol–water partition coefficient (Wildman–Crippen LogP) is 3.49. The fraction of sp³-hybridized carbons (Fsp3) is 1.00. The summed E-state index contributed by atoms with van der Waals surface area (Å²) in [5.74, 6) is 0. The Balaban J connectivity index is 4.08. The molecule has 0 aromatic rings. The molecule has 0 heterocycles. The van der Waals surface area contributed by atoms with E-state index in [9.17, 15) is 4.57 Å². The van der Waals surface area contributed by atoms with Gasteiger partial charge in [0.2, 0.25) is 0 Å². The molecule has 0 aliphatic rings. The zero-order valence-electron chi connectivity index (χ0n) is 11.1. The number of hydrogen-bond donors (Lipinski definition) is 0. The molecule has 0 unspecified atom stereocenters. The summed E-state index contributed by atoms with van der Waals surface area (Å²) in [5, 5.41) is 0. The lowest BCUT2D eigenvalue weighted by Crippen LogP contribution is -2.28. The predicted molar refractivity (Wildman–Crippen MR) is 69.6 cm³/mol. The number of rotatable bonds is 9. The summed E-state index contributed by atoms with van der Waals surface area (Å²) >= 11 is 0. The van der Waals surface area contributed by atoms with Gasteiger partial charge in [0.25, 0.3) is 0 Å². The Hall–Kier alpha value is 0.327. The van der Waals surface area contributed by atoms with Crippen molar-refractivity contribution < 1.29 is 18.0 Å². The van der Waals surface area contributed by atoms with Crippen molar-refractivity contribution in [3.05, 3.63) is 0 Å². The molecule has 0 fully saturated rings. The first kappa shape index (κ1) is 16.3. The summed E-state index contributed by atoms with van der Waals surface area (Å²) in [6, 6.07) is 0.980. The van der Waals surface area contributed by atoms with Crippen LogP contribution in [-0.4, -0.2) is 34.8 Å². The lowest BCUT2D eigenvalue weighted by atomic mass is 10.6. The maximum Gasteiger partial charge on any atom is 0.330 e. The van der Waals surface area contributed by atoms with Crippen LogP contribution in [0.1, 0.15) is 20.3 Å². The Bertz CT molecular complexity index is 223. The fourth-order valence-corrected chi connectivity index (χ4v) is 4.56. The molecule has 4 nitrogen and oxygen atoms in total. The van der Waals surface area contributed by atoms with Crippen molar-refractivity contribution in [3.8, 4) is 0 Å². The van der Waals surface area contributed by atoms with E-state index in [1.807, 2.05) is 13.8 Å². The van der Waals surface area contributed by atoms with Crippen LogP contribution in [0.4, 0.5) is 0 Å². The third-order valence-corrected chi connectivity index (χ3v) is 7.24. The van der Waals surface area contributed by atoms with Crippen LogP contribution in [0.5, 0.6) is 0 Å². The summed E-state index contributed by atoms with van der Waals surface area (Å²) in [5.41, 5.74) is 0. The van der Waals surface area contributed by atoms with Crippen LogP contribution in [-0.2, 0) is 18.0 Å². The van der Waals surface area contributed by atoms with Gasteiger partial charge in [-0.05, 0) is 39.4 Å². The zero-order chi connectivity index (χ0) is 12.7. The van der Waals surface area contributed by atoms with E-state index in [0.717, 1.165) is 12.5 Å². The van der Waals surface area contributed by atoms with Crippen molar-refractivity contribution in [1.29, 1.82) is 0 Å². The monoisotopic (exact) mass is 268 g/mol. The van der Waals surface area contributed by atoms with E-state index >= 15 is 0 Å². The van der Waals surface area contributed by atoms with Crippen LogP contribution >= 0.6 is 7.60 Å². The van der Waals surface area contributed by atoms with Crippen LogP contribution in [0, 0.1) is 0 Å². The van der Waals surface area contributed by atoms with Crippen LogP contribution in [0.2, 0.25) is 19.1 Å². The number of hydrogen-bond acceptors (Lipinski definition) is 4. The van der Waals surface area contributed by atoms with Gasteiger partial charge in [-0.1, -0.05) is 0 Å². The first-order valence-corrected chi connectivity index (χ1v) is 10.7. The van der Waals surface area contributed by atoms with Crippen molar-refractivity contribution in [2.45, 2.75) is 39.4 Å². The molecule has 0 bridgehead atoms. The largest absolute Gasteiger partial charge is 0.420 e. The Morgan fingerprint density at radius 1 is 1.12 bits per heavy atom. The van der Waals surface area contributed by atoms with Gasteiger partial charge in [-0.25, -0.2) is 0 Å². The Labute approximate surface area is 100 Å². The van der Waals surface area contributed by atoms with Crippen LogP contribution < -0.4 is 0 Å². The normalized spacial score (nSPS) is 13.1. The molecule has 0 spiro atoms. The lowest BCUT2D eigenvalue weighted by Gasteiger charge is -2.21. The molecule has 0 aliphatic carbocycles. The summed E-state index contributed by atoms with van der Waals surface area (Å²) in [6.07, 6.45) is 1.33. The molecule has 0 atom stereocenters. The maximum atomic E-state index is 12.1. The second-order valence-electron chi connectivity index (χ2n) is 4.24. The molecular formula is C10H25O4PSi. The summed E-state index contributed by atoms with van der Waals surface area (Å²) < 4.78 is 28.0. The molecule has 0 saturated heterocycles. The van der Waals surface area contributed by atoms with Crippen molar-refractivity contribution in [2.24, 2.45) is 0 Å². The van der Waals surface area contributed by atoms with E-state index in [0.29, 0.717) is 19.4 Å². The summed E-state index contributed by atoms with van der Waals surface area (Å²) in [4.78, 5) is 0. The van der Waals surface area contributed by atoms with Gasteiger partial charge < -0.3 is 13.5 Å². The van der Waals surface area contributed by atoms with Crippen molar-refractivity contribution in [1.82, 2.24) is 0 Å². The molecule has 0 aromatic heterocycles.